The Kier molecular flexibility index (Phi) is 2.84. The predicted octanol–water partition coefficient (Wildman–Crippen LogP) is 3.29. The molecule has 0 spiro atoms. The standard InChI is InChI=1S/C13H7FNO/c14-11-5-3-6-12(8-11)16-13-7-2-1-4-10(13)9-15/h1-4,6-8H. The van der Waals surface area contributed by atoms with Gasteiger partial charge in [-0.05, 0) is 24.3 Å². The molecule has 0 saturated carbocycles. The van der Waals surface area contributed by atoms with E-state index >= 15 is 0 Å². The van der Waals surface area contributed by atoms with Crippen molar-refractivity contribution in [2.24, 2.45) is 0 Å². The van der Waals surface area contributed by atoms with Crippen LogP contribution >= 0.6 is 0 Å². The van der Waals surface area contributed by atoms with Crippen LogP contribution in [0.3, 0.4) is 0 Å². The van der Waals surface area contributed by atoms with Crippen molar-refractivity contribution in [2.75, 3.05) is 0 Å². The van der Waals surface area contributed by atoms with E-state index in [0.29, 0.717) is 17.1 Å². The summed E-state index contributed by atoms with van der Waals surface area (Å²) in [5.41, 5.74) is 0.413. The fourth-order valence-electron chi connectivity index (χ4n) is 1.26. The van der Waals surface area contributed by atoms with Gasteiger partial charge in [0.1, 0.15) is 23.4 Å². The summed E-state index contributed by atoms with van der Waals surface area (Å²) in [7, 11) is 0. The molecule has 2 aromatic carbocycles. The maximum Gasteiger partial charge on any atom is 0.145 e. The highest BCUT2D eigenvalue weighted by atomic mass is 19.1. The maximum absolute atomic E-state index is 12.9. The average molecular weight is 212 g/mol. The minimum Gasteiger partial charge on any atom is -0.456 e. The van der Waals surface area contributed by atoms with Gasteiger partial charge in [-0.15, -0.1) is 0 Å². The summed E-state index contributed by atoms with van der Waals surface area (Å²) in [6, 6.07) is 15.4. The van der Waals surface area contributed by atoms with Crippen LogP contribution in [0.25, 0.3) is 0 Å². The van der Waals surface area contributed by atoms with Crippen molar-refractivity contribution in [3.05, 3.63) is 59.9 Å². The molecule has 0 bridgehead atoms. The highest BCUT2D eigenvalue weighted by molar-refractivity contribution is 5.44. The third-order valence-electron chi connectivity index (χ3n) is 1.97. The number of benzene rings is 2. The van der Waals surface area contributed by atoms with Crippen LogP contribution in [0.1, 0.15) is 5.56 Å². The van der Waals surface area contributed by atoms with Gasteiger partial charge in [-0.3, -0.25) is 0 Å². The van der Waals surface area contributed by atoms with Gasteiger partial charge in [-0.2, -0.15) is 5.26 Å². The quantitative estimate of drug-likeness (QED) is 0.765. The first kappa shape index (κ1) is 10.2. The molecule has 77 valence electrons. The SMILES string of the molecule is N#Cc1ccccc1Oc1cc[c]c(F)c1. The van der Waals surface area contributed by atoms with E-state index in [1.165, 1.54) is 12.1 Å². The van der Waals surface area contributed by atoms with Gasteiger partial charge in [0.05, 0.1) is 5.56 Å². The van der Waals surface area contributed by atoms with Gasteiger partial charge in [0, 0.05) is 12.1 Å². The van der Waals surface area contributed by atoms with Crippen molar-refractivity contribution in [3.8, 4) is 17.6 Å². The van der Waals surface area contributed by atoms with Crippen LogP contribution in [0.15, 0.2) is 42.5 Å². The number of ether oxygens (including phenoxy) is 1. The Bertz CT molecular complexity index is 546. The summed E-state index contributed by atoms with van der Waals surface area (Å²) in [5, 5.41) is 8.84. The molecule has 2 rings (SSSR count). The lowest BCUT2D eigenvalue weighted by Gasteiger charge is -2.06. The Morgan fingerprint density at radius 2 is 2.06 bits per heavy atom. The average Bonchev–Trinajstić information content (AvgIpc) is 2.30. The maximum atomic E-state index is 12.9. The zero-order valence-corrected chi connectivity index (χ0v) is 8.27. The molecule has 3 heteroatoms. The highest BCUT2D eigenvalue weighted by Gasteiger charge is 2.03. The molecule has 0 aliphatic rings. The van der Waals surface area contributed by atoms with E-state index in [9.17, 15) is 4.39 Å². The Balaban J connectivity index is 2.31. The van der Waals surface area contributed by atoms with E-state index in [4.69, 9.17) is 10.00 Å². The molecule has 0 unspecified atom stereocenters. The molecular formula is C13H7FNO. The molecule has 0 saturated heterocycles. The number of halogens is 1. The predicted molar refractivity (Wildman–Crippen MR) is 56.5 cm³/mol. The van der Waals surface area contributed by atoms with Crippen molar-refractivity contribution < 1.29 is 9.13 Å². The molecule has 0 heterocycles. The molecule has 16 heavy (non-hydrogen) atoms. The number of rotatable bonds is 2. The van der Waals surface area contributed by atoms with Crippen molar-refractivity contribution >= 4 is 0 Å². The molecule has 0 amide bonds. The normalized spacial score (nSPS) is 9.50. The number of hydrogen-bond acceptors (Lipinski definition) is 2. The number of nitrogens with zero attached hydrogens (tertiary/aromatic N) is 1. The van der Waals surface area contributed by atoms with Gasteiger partial charge >= 0.3 is 0 Å². The van der Waals surface area contributed by atoms with Gasteiger partial charge < -0.3 is 4.74 Å². The Morgan fingerprint density at radius 1 is 1.25 bits per heavy atom. The number of nitriles is 1. The van der Waals surface area contributed by atoms with Crippen molar-refractivity contribution in [2.45, 2.75) is 0 Å². The van der Waals surface area contributed by atoms with E-state index in [-0.39, 0.29) is 0 Å². The molecule has 0 aliphatic carbocycles. The van der Waals surface area contributed by atoms with Crippen LogP contribution in [0.2, 0.25) is 0 Å². The van der Waals surface area contributed by atoms with Crippen LogP contribution in [0, 0.1) is 23.2 Å². The first-order valence-electron chi connectivity index (χ1n) is 4.64. The van der Waals surface area contributed by atoms with Gasteiger partial charge in [0.2, 0.25) is 0 Å². The van der Waals surface area contributed by atoms with Gasteiger partial charge in [-0.1, -0.05) is 12.1 Å². The van der Waals surface area contributed by atoms with Crippen molar-refractivity contribution in [3.63, 3.8) is 0 Å². The second kappa shape index (κ2) is 4.45. The summed E-state index contributed by atoms with van der Waals surface area (Å²) >= 11 is 0. The molecule has 2 nitrogen and oxygen atoms in total. The summed E-state index contributed by atoms with van der Waals surface area (Å²) in [5.74, 6) is 0.265. The summed E-state index contributed by atoms with van der Waals surface area (Å²) in [4.78, 5) is 0. The Labute approximate surface area is 92.5 Å². The second-order valence-electron chi connectivity index (χ2n) is 3.08. The topological polar surface area (TPSA) is 33.0 Å². The molecule has 0 aliphatic heterocycles. The molecule has 0 fully saturated rings. The third-order valence-corrected chi connectivity index (χ3v) is 1.97. The summed E-state index contributed by atoms with van der Waals surface area (Å²) < 4.78 is 18.3. The summed E-state index contributed by atoms with van der Waals surface area (Å²) in [6.45, 7) is 0. The van der Waals surface area contributed by atoms with E-state index in [1.807, 2.05) is 6.07 Å². The first-order valence-corrected chi connectivity index (χ1v) is 4.64. The summed E-state index contributed by atoms with van der Waals surface area (Å²) in [6.07, 6.45) is 0. The molecule has 0 atom stereocenters. The largest absolute Gasteiger partial charge is 0.456 e. The third kappa shape index (κ3) is 2.18. The first-order chi connectivity index (χ1) is 7.79. The number of hydrogen-bond donors (Lipinski definition) is 0. The van der Waals surface area contributed by atoms with Crippen LogP contribution in [-0.2, 0) is 0 Å². The molecule has 1 radical (unpaired) electrons. The van der Waals surface area contributed by atoms with Crippen LogP contribution < -0.4 is 4.74 Å². The fourth-order valence-corrected chi connectivity index (χ4v) is 1.26. The Hall–Kier alpha value is -2.34. The molecule has 2 aromatic rings. The van der Waals surface area contributed by atoms with E-state index in [1.54, 1.807) is 30.3 Å². The lowest BCUT2D eigenvalue weighted by Crippen LogP contribution is -1.88. The smallest absolute Gasteiger partial charge is 0.145 e. The molecule has 0 aromatic heterocycles. The van der Waals surface area contributed by atoms with E-state index in [2.05, 4.69) is 6.07 Å². The van der Waals surface area contributed by atoms with Crippen molar-refractivity contribution in [1.29, 1.82) is 5.26 Å². The van der Waals surface area contributed by atoms with E-state index < -0.39 is 5.82 Å². The molecular weight excluding hydrogens is 205 g/mol. The second-order valence-corrected chi connectivity index (χ2v) is 3.08. The van der Waals surface area contributed by atoms with E-state index in [0.717, 1.165) is 0 Å². The van der Waals surface area contributed by atoms with Gasteiger partial charge in [-0.25, -0.2) is 4.39 Å². The van der Waals surface area contributed by atoms with Gasteiger partial charge in [0.15, 0.2) is 0 Å². The minimum absolute atomic E-state index is 0.346. The highest BCUT2D eigenvalue weighted by Crippen LogP contribution is 2.24. The van der Waals surface area contributed by atoms with Crippen LogP contribution in [-0.4, -0.2) is 0 Å². The number of para-hydroxylation sites is 1. The lowest BCUT2D eigenvalue weighted by molar-refractivity contribution is 0.475. The zero-order chi connectivity index (χ0) is 11.4. The van der Waals surface area contributed by atoms with Crippen LogP contribution in [0.4, 0.5) is 4.39 Å². The van der Waals surface area contributed by atoms with Crippen molar-refractivity contribution in [1.82, 2.24) is 0 Å². The molecule has 0 N–H and O–H groups in total. The monoisotopic (exact) mass is 212 g/mol. The lowest BCUT2D eigenvalue weighted by atomic mass is 10.2. The zero-order valence-electron chi connectivity index (χ0n) is 8.27. The van der Waals surface area contributed by atoms with Gasteiger partial charge in [0.25, 0.3) is 0 Å². The minimum atomic E-state index is -0.494. The Morgan fingerprint density at radius 3 is 2.81 bits per heavy atom. The fraction of sp³-hybridized carbons (Fsp3) is 0. The van der Waals surface area contributed by atoms with Crippen LogP contribution in [0.5, 0.6) is 11.5 Å².